The highest BCUT2D eigenvalue weighted by Crippen LogP contribution is 2.15. The molecule has 21 heavy (non-hydrogen) atoms. The van der Waals surface area contributed by atoms with Crippen LogP contribution in [0.4, 0.5) is 0 Å². The van der Waals surface area contributed by atoms with Gasteiger partial charge >= 0.3 is 5.97 Å². The maximum absolute atomic E-state index is 12.1. The molecule has 0 saturated carbocycles. The van der Waals surface area contributed by atoms with E-state index in [-0.39, 0.29) is 23.7 Å². The van der Waals surface area contributed by atoms with E-state index in [1.807, 2.05) is 6.92 Å². The molecule has 8 heteroatoms. The molecule has 0 unspecified atom stereocenters. The number of carboxylic acids is 1. The van der Waals surface area contributed by atoms with E-state index >= 15 is 0 Å². The van der Waals surface area contributed by atoms with Crippen LogP contribution < -0.4 is 4.72 Å². The minimum Gasteiger partial charge on any atom is -0.477 e. The van der Waals surface area contributed by atoms with E-state index in [1.54, 1.807) is 0 Å². The predicted octanol–water partition coefficient (Wildman–Crippen LogP) is 1.04. The van der Waals surface area contributed by atoms with Gasteiger partial charge in [-0.25, -0.2) is 17.9 Å². The van der Waals surface area contributed by atoms with Crippen molar-refractivity contribution in [1.82, 2.24) is 9.29 Å². The number of aliphatic hydroxyl groups excluding tert-OH is 1. The summed E-state index contributed by atoms with van der Waals surface area (Å²) >= 11 is 0. The SMILES string of the molecule is CCCn1cc(S(=O)(=O)NCCCCCO)cc1C(=O)O. The van der Waals surface area contributed by atoms with Crippen LogP contribution in [0.25, 0.3) is 0 Å². The van der Waals surface area contributed by atoms with E-state index in [9.17, 15) is 13.2 Å². The van der Waals surface area contributed by atoms with E-state index in [0.29, 0.717) is 25.8 Å². The number of carbonyl (C=O) groups is 1. The van der Waals surface area contributed by atoms with Gasteiger partial charge in [0, 0.05) is 25.9 Å². The van der Waals surface area contributed by atoms with Crippen molar-refractivity contribution < 1.29 is 23.4 Å². The molecular weight excluding hydrogens is 296 g/mol. The molecule has 0 aliphatic carbocycles. The molecule has 1 aromatic heterocycles. The Bertz CT molecular complexity index is 565. The van der Waals surface area contributed by atoms with Crippen LogP contribution in [0.2, 0.25) is 0 Å². The highest BCUT2D eigenvalue weighted by Gasteiger charge is 2.20. The number of aromatic nitrogens is 1. The van der Waals surface area contributed by atoms with Crippen LogP contribution in [0.3, 0.4) is 0 Å². The summed E-state index contributed by atoms with van der Waals surface area (Å²) in [5.41, 5.74) is -0.0301. The lowest BCUT2D eigenvalue weighted by Gasteiger charge is -2.04. The Balaban J connectivity index is 2.78. The molecule has 0 amide bonds. The molecule has 1 heterocycles. The van der Waals surface area contributed by atoms with Crippen molar-refractivity contribution >= 4 is 16.0 Å². The van der Waals surface area contributed by atoms with Gasteiger partial charge in [0.05, 0.1) is 0 Å². The van der Waals surface area contributed by atoms with E-state index in [2.05, 4.69) is 4.72 Å². The van der Waals surface area contributed by atoms with Crippen molar-refractivity contribution in [1.29, 1.82) is 0 Å². The van der Waals surface area contributed by atoms with E-state index in [4.69, 9.17) is 10.2 Å². The Morgan fingerprint density at radius 3 is 2.62 bits per heavy atom. The summed E-state index contributed by atoms with van der Waals surface area (Å²) in [5, 5.41) is 17.7. The molecule has 1 aromatic rings. The van der Waals surface area contributed by atoms with Gasteiger partial charge in [0.25, 0.3) is 0 Å². The fourth-order valence-electron chi connectivity index (χ4n) is 1.94. The van der Waals surface area contributed by atoms with Gasteiger partial charge in [-0.2, -0.15) is 0 Å². The van der Waals surface area contributed by atoms with Crippen molar-refractivity contribution in [2.45, 2.75) is 44.0 Å². The first kappa shape index (κ1) is 17.7. The van der Waals surface area contributed by atoms with E-state index in [0.717, 1.165) is 6.42 Å². The van der Waals surface area contributed by atoms with Gasteiger partial charge in [-0.1, -0.05) is 6.92 Å². The number of aliphatic hydroxyl groups is 1. The van der Waals surface area contributed by atoms with Crippen molar-refractivity contribution in [2.24, 2.45) is 0 Å². The topological polar surface area (TPSA) is 109 Å². The fourth-order valence-corrected chi connectivity index (χ4v) is 3.05. The number of aryl methyl sites for hydroxylation is 1. The highest BCUT2D eigenvalue weighted by molar-refractivity contribution is 7.89. The quantitative estimate of drug-likeness (QED) is 0.558. The van der Waals surface area contributed by atoms with Crippen molar-refractivity contribution in [3.63, 3.8) is 0 Å². The minimum absolute atomic E-state index is 0.0301. The average molecular weight is 318 g/mol. The molecule has 0 radical (unpaired) electrons. The first-order chi connectivity index (χ1) is 9.92. The molecular formula is C13H22N2O5S. The molecule has 1 rings (SSSR count). The minimum atomic E-state index is -3.70. The molecule has 0 bridgehead atoms. The van der Waals surface area contributed by atoms with Crippen LogP contribution in [0.5, 0.6) is 0 Å². The molecule has 0 fully saturated rings. The third-order valence-electron chi connectivity index (χ3n) is 2.99. The first-order valence-electron chi connectivity index (χ1n) is 6.96. The number of carboxylic acid groups (broad SMARTS) is 1. The van der Waals surface area contributed by atoms with Crippen LogP contribution in [-0.4, -0.2) is 42.3 Å². The number of hydrogen-bond donors (Lipinski definition) is 3. The maximum atomic E-state index is 12.1. The monoisotopic (exact) mass is 318 g/mol. The maximum Gasteiger partial charge on any atom is 0.352 e. The lowest BCUT2D eigenvalue weighted by molar-refractivity contribution is 0.0685. The van der Waals surface area contributed by atoms with Gasteiger partial charge in [-0.05, 0) is 31.7 Å². The van der Waals surface area contributed by atoms with Gasteiger partial charge in [0.15, 0.2) is 0 Å². The molecule has 120 valence electrons. The van der Waals surface area contributed by atoms with E-state index in [1.165, 1.54) is 16.8 Å². The molecule has 0 saturated heterocycles. The summed E-state index contributed by atoms with van der Waals surface area (Å²) in [6, 6.07) is 1.17. The largest absolute Gasteiger partial charge is 0.477 e. The Kier molecular flexibility index (Phi) is 6.86. The molecule has 0 spiro atoms. The van der Waals surface area contributed by atoms with E-state index < -0.39 is 16.0 Å². The summed E-state index contributed by atoms with van der Waals surface area (Å²) in [6.07, 6.45) is 4.06. The number of sulfonamides is 1. The Labute approximate surface area is 124 Å². The van der Waals surface area contributed by atoms with Crippen LogP contribution >= 0.6 is 0 Å². The Hall–Kier alpha value is -1.38. The number of nitrogens with one attached hydrogen (secondary N) is 1. The number of rotatable bonds is 10. The van der Waals surface area contributed by atoms with Crippen molar-refractivity contribution in [3.05, 3.63) is 18.0 Å². The highest BCUT2D eigenvalue weighted by atomic mass is 32.2. The lowest BCUT2D eigenvalue weighted by atomic mass is 10.2. The Morgan fingerprint density at radius 2 is 2.05 bits per heavy atom. The van der Waals surface area contributed by atoms with Gasteiger partial charge in [0.1, 0.15) is 10.6 Å². The second-order valence-electron chi connectivity index (χ2n) is 4.74. The van der Waals surface area contributed by atoms with Gasteiger partial charge in [-0.3, -0.25) is 0 Å². The zero-order valence-electron chi connectivity index (χ0n) is 12.1. The third kappa shape index (κ3) is 5.14. The standard InChI is InChI=1S/C13H22N2O5S/c1-2-7-15-10-11(9-12(15)13(17)18)21(19,20)14-6-4-3-5-8-16/h9-10,14,16H,2-8H2,1H3,(H,17,18). The van der Waals surface area contributed by atoms with Gasteiger partial charge < -0.3 is 14.8 Å². The smallest absolute Gasteiger partial charge is 0.352 e. The first-order valence-corrected chi connectivity index (χ1v) is 8.44. The van der Waals surface area contributed by atoms with Crippen molar-refractivity contribution in [3.8, 4) is 0 Å². The summed E-state index contributed by atoms with van der Waals surface area (Å²) < 4.78 is 28.1. The lowest BCUT2D eigenvalue weighted by Crippen LogP contribution is -2.24. The molecule has 0 aliphatic rings. The second-order valence-corrected chi connectivity index (χ2v) is 6.51. The summed E-state index contributed by atoms with van der Waals surface area (Å²) in [4.78, 5) is 11.1. The number of unbranched alkanes of at least 4 members (excludes halogenated alkanes) is 2. The van der Waals surface area contributed by atoms with Gasteiger partial charge in [0.2, 0.25) is 10.0 Å². The van der Waals surface area contributed by atoms with Crippen molar-refractivity contribution in [2.75, 3.05) is 13.2 Å². The third-order valence-corrected chi connectivity index (χ3v) is 4.42. The zero-order chi connectivity index (χ0) is 15.9. The van der Waals surface area contributed by atoms with Crippen LogP contribution in [0.1, 0.15) is 43.1 Å². The van der Waals surface area contributed by atoms with Crippen LogP contribution in [-0.2, 0) is 16.6 Å². The summed E-state index contributed by atoms with van der Waals surface area (Å²) in [7, 11) is -3.70. The molecule has 0 aromatic carbocycles. The molecule has 7 nitrogen and oxygen atoms in total. The fraction of sp³-hybridized carbons (Fsp3) is 0.615. The zero-order valence-corrected chi connectivity index (χ0v) is 12.9. The molecule has 0 aliphatic heterocycles. The molecule has 3 N–H and O–H groups in total. The summed E-state index contributed by atoms with van der Waals surface area (Å²) in [6.45, 7) is 2.70. The van der Waals surface area contributed by atoms with Crippen LogP contribution in [0, 0.1) is 0 Å². The Morgan fingerprint density at radius 1 is 1.33 bits per heavy atom. The second kappa shape index (κ2) is 8.16. The van der Waals surface area contributed by atoms with Gasteiger partial charge in [-0.15, -0.1) is 0 Å². The number of nitrogens with zero attached hydrogens (tertiary/aromatic N) is 1. The summed E-state index contributed by atoms with van der Waals surface area (Å²) in [5.74, 6) is -1.15. The average Bonchev–Trinajstić information content (AvgIpc) is 2.84. The van der Waals surface area contributed by atoms with Crippen LogP contribution in [0.15, 0.2) is 17.2 Å². The predicted molar refractivity (Wildman–Crippen MR) is 77.8 cm³/mol. The molecule has 0 atom stereocenters. The number of hydrogen-bond acceptors (Lipinski definition) is 4. The number of aromatic carboxylic acids is 1. The normalized spacial score (nSPS) is 11.7.